The topological polar surface area (TPSA) is 32.3 Å². The van der Waals surface area contributed by atoms with Crippen molar-refractivity contribution in [1.82, 2.24) is 10.2 Å². The SMILES string of the molecule is Cc1ccc(C(CC(=O)NCC(C)N2CCCC2)C2CC2)cc1. The Morgan fingerprint density at radius 1 is 1.22 bits per heavy atom. The summed E-state index contributed by atoms with van der Waals surface area (Å²) in [6.07, 6.45) is 5.79. The van der Waals surface area contributed by atoms with Gasteiger partial charge in [0.25, 0.3) is 0 Å². The Morgan fingerprint density at radius 3 is 2.48 bits per heavy atom. The number of amides is 1. The van der Waals surface area contributed by atoms with Crippen LogP contribution in [0.4, 0.5) is 0 Å². The third-order valence-corrected chi connectivity index (χ3v) is 5.46. The standard InChI is InChI=1S/C20H30N2O/c1-15-5-7-17(8-6-15)19(18-9-10-18)13-20(23)21-14-16(2)22-11-3-4-12-22/h5-8,16,18-19H,3-4,9-14H2,1-2H3,(H,21,23). The normalized spacial score (nSPS) is 21.1. The van der Waals surface area contributed by atoms with Crippen molar-refractivity contribution in [1.29, 1.82) is 0 Å². The summed E-state index contributed by atoms with van der Waals surface area (Å²) in [5.41, 5.74) is 2.62. The first kappa shape index (κ1) is 16.5. The van der Waals surface area contributed by atoms with Crippen molar-refractivity contribution in [2.24, 2.45) is 5.92 Å². The van der Waals surface area contributed by atoms with Gasteiger partial charge in [-0.1, -0.05) is 29.8 Å². The zero-order valence-electron chi connectivity index (χ0n) is 14.6. The van der Waals surface area contributed by atoms with Crippen molar-refractivity contribution in [2.45, 2.75) is 57.9 Å². The maximum atomic E-state index is 12.4. The van der Waals surface area contributed by atoms with Gasteiger partial charge in [-0.25, -0.2) is 0 Å². The molecule has 1 aromatic rings. The Hall–Kier alpha value is -1.35. The van der Waals surface area contributed by atoms with E-state index in [4.69, 9.17) is 0 Å². The molecule has 1 aliphatic carbocycles. The van der Waals surface area contributed by atoms with Crippen LogP contribution in [-0.4, -0.2) is 36.5 Å². The zero-order chi connectivity index (χ0) is 16.2. The van der Waals surface area contributed by atoms with Gasteiger partial charge >= 0.3 is 0 Å². The molecule has 1 N–H and O–H groups in total. The minimum Gasteiger partial charge on any atom is -0.355 e. The van der Waals surface area contributed by atoms with E-state index < -0.39 is 0 Å². The van der Waals surface area contributed by atoms with E-state index in [-0.39, 0.29) is 5.91 Å². The molecule has 3 rings (SSSR count). The number of aryl methyl sites for hydroxylation is 1. The van der Waals surface area contributed by atoms with Gasteiger partial charge in [-0.2, -0.15) is 0 Å². The van der Waals surface area contributed by atoms with Crippen LogP contribution in [0, 0.1) is 12.8 Å². The van der Waals surface area contributed by atoms with Crippen LogP contribution in [0.5, 0.6) is 0 Å². The number of hydrogen-bond donors (Lipinski definition) is 1. The van der Waals surface area contributed by atoms with Gasteiger partial charge in [0.2, 0.25) is 5.91 Å². The largest absolute Gasteiger partial charge is 0.355 e. The summed E-state index contributed by atoms with van der Waals surface area (Å²) in [7, 11) is 0. The molecule has 0 spiro atoms. The lowest BCUT2D eigenvalue weighted by molar-refractivity contribution is -0.121. The second-order valence-corrected chi connectivity index (χ2v) is 7.45. The minimum atomic E-state index is 0.216. The van der Waals surface area contributed by atoms with Crippen LogP contribution < -0.4 is 5.32 Å². The summed E-state index contributed by atoms with van der Waals surface area (Å²) >= 11 is 0. The van der Waals surface area contributed by atoms with Crippen molar-refractivity contribution in [3.8, 4) is 0 Å². The van der Waals surface area contributed by atoms with Gasteiger partial charge in [0.05, 0.1) is 0 Å². The molecular weight excluding hydrogens is 284 g/mol. The predicted molar refractivity (Wildman–Crippen MR) is 94.5 cm³/mol. The van der Waals surface area contributed by atoms with Crippen LogP contribution in [0.15, 0.2) is 24.3 Å². The highest BCUT2D eigenvalue weighted by molar-refractivity contribution is 5.77. The molecule has 1 aliphatic heterocycles. The van der Waals surface area contributed by atoms with E-state index in [0.717, 1.165) is 6.54 Å². The number of benzene rings is 1. The third-order valence-electron chi connectivity index (χ3n) is 5.46. The van der Waals surface area contributed by atoms with Gasteiger partial charge in [-0.15, -0.1) is 0 Å². The minimum absolute atomic E-state index is 0.216. The monoisotopic (exact) mass is 314 g/mol. The fraction of sp³-hybridized carbons (Fsp3) is 0.650. The predicted octanol–water partition coefficient (Wildman–Crippen LogP) is 3.48. The molecule has 2 aliphatic rings. The quantitative estimate of drug-likeness (QED) is 0.835. The molecule has 1 aromatic carbocycles. The van der Waals surface area contributed by atoms with E-state index in [2.05, 4.69) is 48.3 Å². The first-order valence-corrected chi connectivity index (χ1v) is 9.21. The van der Waals surface area contributed by atoms with Crippen molar-refractivity contribution in [2.75, 3.05) is 19.6 Å². The lowest BCUT2D eigenvalue weighted by Gasteiger charge is -2.24. The number of nitrogens with zero attached hydrogens (tertiary/aromatic N) is 1. The second kappa shape index (κ2) is 7.48. The molecule has 0 radical (unpaired) electrons. The molecule has 126 valence electrons. The van der Waals surface area contributed by atoms with Gasteiger partial charge < -0.3 is 5.32 Å². The highest BCUT2D eigenvalue weighted by atomic mass is 16.1. The highest BCUT2D eigenvalue weighted by Gasteiger charge is 2.33. The molecular formula is C20H30N2O. The van der Waals surface area contributed by atoms with Crippen molar-refractivity contribution in [3.05, 3.63) is 35.4 Å². The van der Waals surface area contributed by atoms with Gasteiger partial charge in [0, 0.05) is 19.0 Å². The molecule has 2 fully saturated rings. The summed E-state index contributed by atoms with van der Waals surface area (Å²) in [4.78, 5) is 14.9. The molecule has 2 atom stereocenters. The zero-order valence-corrected chi connectivity index (χ0v) is 14.6. The second-order valence-electron chi connectivity index (χ2n) is 7.45. The van der Waals surface area contributed by atoms with Gasteiger partial charge in [-0.05, 0) is 70.0 Å². The Labute approximate surface area is 140 Å². The van der Waals surface area contributed by atoms with E-state index in [9.17, 15) is 4.79 Å². The fourth-order valence-electron chi connectivity index (χ4n) is 3.71. The average Bonchev–Trinajstić information content (AvgIpc) is 3.24. The van der Waals surface area contributed by atoms with Gasteiger partial charge in [0.15, 0.2) is 0 Å². The first-order valence-electron chi connectivity index (χ1n) is 9.21. The Bertz CT molecular complexity index is 515. The Balaban J connectivity index is 1.51. The van der Waals surface area contributed by atoms with E-state index in [0.29, 0.717) is 24.3 Å². The average molecular weight is 314 g/mol. The van der Waals surface area contributed by atoms with E-state index >= 15 is 0 Å². The lowest BCUT2D eigenvalue weighted by Crippen LogP contribution is -2.41. The van der Waals surface area contributed by atoms with Crippen LogP contribution in [-0.2, 0) is 4.79 Å². The summed E-state index contributed by atoms with van der Waals surface area (Å²) in [5, 5.41) is 3.17. The maximum absolute atomic E-state index is 12.4. The van der Waals surface area contributed by atoms with Gasteiger partial charge in [0.1, 0.15) is 0 Å². The third kappa shape index (κ3) is 4.57. The number of carbonyl (C=O) groups is 1. The van der Waals surface area contributed by atoms with Crippen LogP contribution in [0.25, 0.3) is 0 Å². The summed E-state index contributed by atoms with van der Waals surface area (Å²) in [6, 6.07) is 9.20. The van der Waals surface area contributed by atoms with E-state index in [1.165, 1.54) is 49.9 Å². The lowest BCUT2D eigenvalue weighted by atomic mass is 9.90. The molecule has 3 heteroatoms. The van der Waals surface area contributed by atoms with Crippen LogP contribution >= 0.6 is 0 Å². The molecule has 1 saturated carbocycles. The number of carbonyl (C=O) groups excluding carboxylic acids is 1. The summed E-state index contributed by atoms with van der Waals surface area (Å²) < 4.78 is 0. The molecule has 0 aromatic heterocycles. The molecule has 0 bridgehead atoms. The van der Waals surface area contributed by atoms with Crippen molar-refractivity contribution in [3.63, 3.8) is 0 Å². The number of likely N-dealkylation sites (tertiary alicyclic amines) is 1. The molecule has 1 heterocycles. The Kier molecular flexibility index (Phi) is 5.37. The van der Waals surface area contributed by atoms with Crippen molar-refractivity contribution < 1.29 is 4.79 Å². The van der Waals surface area contributed by atoms with Crippen LogP contribution in [0.2, 0.25) is 0 Å². The molecule has 1 saturated heterocycles. The summed E-state index contributed by atoms with van der Waals surface area (Å²) in [6.45, 7) is 7.49. The Morgan fingerprint density at radius 2 is 1.87 bits per heavy atom. The number of hydrogen-bond acceptors (Lipinski definition) is 2. The molecule has 3 nitrogen and oxygen atoms in total. The molecule has 2 unspecified atom stereocenters. The van der Waals surface area contributed by atoms with E-state index in [1.54, 1.807) is 0 Å². The fourth-order valence-corrected chi connectivity index (χ4v) is 3.71. The smallest absolute Gasteiger partial charge is 0.220 e. The first-order chi connectivity index (χ1) is 11.1. The molecule has 23 heavy (non-hydrogen) atoms. The van der Waals surface area contributed by atoms with Crippen LogP contribution in [0.1, 0.15) is 56.1 Å². The van der Waals surface area contributed by atoms with Gasteiger partial charge in [-0.3, -0.25) is 9.69 Å². The van der Waals surface area contributed by atoms with Crippen LogP contribution in [0.3, 0.4) is 0 Å². The number of nitrogens with one attached hydrogen (secondary N) is 1. The van der Waals surface area contributed by atoms with Crippen molar-refractivity contribution >= 4 is 5.91 Å². The van der Waals surface area contributed by atoms with E-state index in [1.807, 2.05) is 0 Å². The highest BCUT2D eigenvalue weighted by Crippen LogP contribution is 2.44. The summed E-state index contributed by atoms with van der Waals surface area (Å²) in [5.74, 6) is 1.32. The number of rotatable bonds is 7. The molecule has 1 amide bonds. The maximum Gasteiger partial charge on any atom is 0.220 e.